The summed E-state index contributed by atoms with van der Waals surface area (Å²) in [4.78, 5) is 33.6. The Morgan fingerprint density at radius 3 is 2.05 bits per heavy atom. The second kappa shape index (κ2) is 6.19. The number of hydrogen-bond acceptors (Lipinski definition) is 6. The smallest absolute Gasteiger partial charge is 0.311 e. The van der Waals surface area contributed by atoms with Crippen molar-refractivity contribution in [2.45, 2.75) is 65.2 Å². The van der Waals surface area contributed by atoms with Gasteiger partial charge < -0.3 is 9.47 Å². The molecule has 114 valence electrons. The zero-order valence-electron chi connectivity index (χ0n) is 12.3. The summed E-state index contributed by atoms with van der Waals surface area (Å²) in [5, 5.41) is 11.2. The average molecular weight is 287 g/mol. The van der Waals surface area contributed by atoms with Crippen molar-refractivity contribution in [1.82, 2.24) is 0 Å². The molecule has 1 rings (SSSR count). The van der Waals surface area contributed by atoms with Gasteiger partial charge in [0, 0.05) is 11.8 Å². The molecule has 0 bridgehead atoms. The van der Waals surface area contributed by atoms with Crippen LogP contribution >= 0.6 is 0 Å². The number of esters is 2. The first-order valence-electron chi connectivity index (χ1n) is 6.64. The van der Waals surface area contributed by atoms with Crippen LogP contribution in [-0.4, -0.2) is 35.1 Å². The predicted octanol–water partition coefficient (Wildman–Crippen LogP) is 1.71. The molecule has 0 N–H and O–H groups in total. The second-order valence-electron chi connectivity index (χ2n) is 6.05. The maximum absolute atomic E-state index is 11.9. The molecule has 1 saturated carbocycles. The summed E-state index contributed by atoms with van der Waals surface area (Å²) in [6, 6.07) is -1.20. The summed E-state index contributed by atoms with van der Waals surface area (Å²) in [6.45, 7) is 6.26. The van der Waals surface area contributed by atoms with E-state index in [2.05, 4.69) is 0 Å². The van der Waals surface area contributed by atoms with E-state index in [1.54, 1.807) is 20.8 Å². The largest absolute Gasteiger partial charge is 0.455 e. The van der Waals surface area contributed by atoms with Gasteiger partial charge in [-0.15, -0.1) is 0 Å². The predicted molar refractivity (Wildman–Crippen MR) is 69.5 cm³/mol. The lowest BCUT2D eigenvalue weighted by atomic mass is 9.89. The SMILES string of the molecule is CC(=O)OC1CCCC(OC(=O)C(C)(C)C)C1[N+](=O)[O-]. The van der Waals surface area contributed by atoms with Crippen LogP contribution in [0.15, 0.2) is 0 Å². The lowest BCUT2D eigenvalue weighted by molar-refractivity contribution is -0.548. The van der Waals surface area contributed by atoms with Crippen LogP contribution in [-0.2, 0) is 19.1 Å². The third-order valence-electron chi connectivity index (χ3n) is 3.17. The Hall–Kier alpha value is -1.66. The third-order valence-corrected chi connectivity index (χ3v) is 3.17. The Morgan fingerprint density at radius 1 is 1.15 bits per heavy atom. The van der Waals surface area contributed by atoms with Gasteiger partial charge in [-0.3, -0.25) is 19.7 Å². The summed E-state index contributed by atoms with van der Waals surface area (Å²) in [6.07, 6.45) is -0.256. The standard InChI is InChI=1S/C13H21NO6/c1-8(15)19-9-6-5-7-10(11(9)14(17)18)20-12(16)13(2,3)4/h9-11H,5-7H2,1-4H3. The number of nitrogens with zero attached hydrogens (tertiary/aromatic N) is 1. The first-order valence-corrected chi connectivity index (χ1v) is 6.64. The Labute approximate surface area is 117 Å². The van der Waals surface area contributed by atoms with E-state index in [9.17, 15) is 19.7 Å². The highest BCUT2D eigenvalue weighted by Crippen LogP contribution is 2.28. The van der Waals surface area contributed by atoms with Gasteiger partial charge in [-0.1, -0.05) is 0 Å². The molecule has 0 aromatic heterocycles. The molecule has 0 aromatic carbocycles. The lowest BCUT2D eigenvalue weighted by Crippen LogP contribution is -2.51. The van der Waals surface area contributed by atoms with E-state index in [0.29, 0.717) is 19.3 Å². The molecule has 0 aromatic rings. The van der Waals surface area contributed by atoms with Crippen molar-refractivity contribution < 1.29 is 24.0 Å². The highest BCUT2D eigenvalue weighted by Gasteiger charge is 2.47. The van der Waals surface area contributed by atoms with Crippen LogP contribution in [0.2, 0.25) is 0 Å². The Balaban J connectivity index is 2.85. The van der Waals surface area contributed by atoms with Crippen molar-refractivity contribution in [3.63, 3.8) is 0 Å². The molecular weight excluding hydrogens is 266 g/mol. The van der Waals surface area contributed by atoms with Crippen LogP contribution in [0, 0.1) is 15.5 Å². The first-order chi connectivity index (χ1) is 9.12. The fourth-order valence-corrected chi connectivity index (χ4v) is 2.16. The first kappa shape index (κ1) is 16.4. The summed E-state index contributed by atoms with van der Waals surface area (Å²) in [7, 11) is 0. The van der Waals surface area contributed by atoms with Crippen molar-refractivity contribution in [3.8, 4) is 0 Å². The average Bonchev–Trinajstić information content (AvgIpc) is 2.26. The molecule has 1 fully saturated rings. The molecule has 3 atom stereocenters. The molecule has 7 heteroatoms. The maximum Gasteiger partial charge on any atom is 0.311 e. The van der Waals surface area contributed by atoms with Crippen LogP contribution in [0.3, 0.4) is 0 Å². The highest BCUT2D eigenvalue weighted by molar-refractivity contribution is 5.75. The van der Waals surface area contributed by atoms with Crippen molar-refractivity contribution in [3.05, 3.63) is 10.1 Å². The molecule has 1 aliphatic carbocycles. The molecule has 0 saturated heterocycles. The minimum atomic E-state index is -1.20. The maximum atomic E-state index is 11.9. The number of hydrogen-bond donors (Lipinski definition) is 0. The fourth-order valence-electron chi connectivity index (χ4n) is 2.16. The Morgan fingerprint density at radius 2 is 1.65 bits per heavy atom. The summed E-state index contributed by atoms with van der Waals surface area (Å²) in [5.74, 6) is -1.05. The molecular formula is C13H21NO6. The fraction of sp³-hybridized carbons (Fsp3) is 0.846. The topological polar surface area (TPSA) is 95.7 Å². The van der Waals surface area contributed by atoms with E-state index in [4.69, 9.17) is 9.47 Å². The second-order valence-corrected chi connectivity index (χ2v) is 6.05. The van der Waals surface area contributed by atoms with Gasteiger partial charge in [-0.25, -0.2) is 0 Å². The van der Waals surface area contributed by atoms with Gasteiger partial charge in [0.1, 0.15) is 0 Å². The van der Waals surface area contributed by atoms with Crippen LogP contribution in [0.1, 0.15) is 47.0 Å². The number of ether oxygens (including phenoxy) is 2. The van der Waals surface area contributed by atoms with E-state index < -0.39 is 40.5 Å². The molecule has 0 spiro atoms. The normalized spacial score (nSPS) is 26.7. The third kappa shape index (κ3) is 4.18. The molecule has 0 aliphatic heterocycles. The molecule has 3 unspecified atom stereocenters. The zero-order valence-corrected chi connectivity index (χ0v) is 12.3. The van der Waals surface area contributed by atoms with Crippen LogP contribution < -0.4 is 0 Å². The number of carbonyl (C=O) groups excluding carboxylic acids is 2. The summed E-state index contributed by atoms with van der Waals surface area (Å²) in [5.41, 5.74) is -0.727. The van der Waals surface area contributed by atoms with Crippen molar-refractivity contribution >= 4 is 11.9 Å². The summed E-state index contributed by atoms with van der Waals surface area (Å²) >= 11 is 0. The van der Waals surface area contributed by atoms with Crippen molar-refractivity contribution in [2.24, 2.45) is 5.41 Å². The number of nitro groups is 1. The Bertz CT molecular complexity index is 400. The van der Waals surface area contributed by atoms with E-state index in [1.807, 2.05) is 0 Å². The minimum Gasteiger partial charge on any atom is -0.455 e. The van der Waals surface area contributed by atoms with Crippen molar-refractivity contribution in [2.75, 3.05) is 0 Å². The number of carbonyl (C=O) groups is 2. The van der Waals surface area contributed by atoms with Gasteiger partial charge in [0.25, 0.3) is 6.04 Å². The van der Waals surface area contributed by atoms with Crippen LogP contribution in [0.5, 0.6) is 0 Å². The van der Waals surface area contributed by atoms with E-state index >= 15 is 0 Å². The molecule has 0 amide bonds. The van der Waals surface area contributed by atoms with Crippen LogP contribution in [0.25, 0.3) is 0 Å². The lowest BCUT2D eigenvalue weighted by Gasteiger charge is -2.32. The molecule has 20 heavy (non-hydrogen) atoms. The van der Waals surface area contributed by atoms with E-state index in [1.165, 1.54) is 6.92 Å². The number of rotatable bonds is 3. The van der Waals surface area contributed by atoms with Gasteiger partial charge in [-0.05, 0) is 40.0 Å². The van der Waals surface area contributed by atoms with Crippen LogP contribution in [0.4, 0.5) is 0 Å². The van der Waals surface area contributed by atoms with Gasteiger partial charge in [0.15, 0.2) is 12.2 Å². The zero-order chi connectivity index (χ0) is 15.5. The van der Waals surface area contributed by atoms with Crippen molar-refractivity contribution in [1.29, 1.82) is 0 Å². The molecule has 0 heterocycles. The van der Waals surface area contributed by atoms with Gasteiger partial charge in [0.05, 0.1) is 5.41 Å². The van der Waals surface area contributed by atoms with E-state index in [0.717, 1.165) is 0 Å². The molecule has 0 radical (unpaired) electrons. The highest BCUT2D eigenvalue weighted by atomic mass is 16.6. The molecule has 1 aliphatic rings. The van der Waals surface area contributed by atoms with Gasteiger partial charge >= 0.3 is 11.9 Å². The summed E-state index contributed by atoms with van der Waals surface area (Å²) < 4.78 is 10.3. The van der Waals surface area contributed by atoms with Gasteiger partial charge in [0.2, 0.25) is 0 Å². The quantitative estimate of drug-likeness (QED) is 0.445. The van der Waals surface area contributed by atoms with Gasteiger partial charge in [-0.2, -0.15) is 0 Å². The monoisotopic (exact) mass is 287 g/mol. The minimum absolute atomic E-state index is 0.408. The van der Waals surface area contributed by atoms with E-state index in [-0.39, 0.29) is 0 Å². The molecule has 7 nitrogen and oxygen atoms in total. The Kier molecular flexibility index (Phi) is 5.08.